The number of hydrogen-bond acceptors (Lipinski definition) is 7. The Labute approximate surface area is 217 Å². The van der Waals surface area contributed by atoms with E-state index < -0.39 is 0 Å². The monoisotopic (exact) mass is 506 g/mol. The third-order valence-electron chi connectivity index (χ3n) is 7.15. The van der Waals surface area contributed by atoms with Crippen molar-refractivity contribution >= 4 is 33.3 Å². The second kappa shape index (κ2) is 9.49. The van der Waals surface area contributed by atoms with Crippen LogP contribution in [0.4, 0.5) is 0 Å². The molecule has 1 aliphatic carbocycles. The fraction of sp³-hybridized carbons (Fsp3) is 0.250. The molecule has 0 saturated heterocycles. The van der Waals surface area contributed by atoms with Gasteiger partial charge in [-0.2, -0.15) is 5.10 Å². The lowest BCUT2D eigenvalue weighted by Crippen LogP contribution is -2.20. The number of pyridine rings is 3. The Morgan fingerprint density at radius 3 is 2.84 bits per heavy atom. The Bertz CT molecular complexity index is 1680. The summed E-state index contributed by atoms with van der Waals surface area (Å²) in [6, 6.07) is 10.3. The van der Waals surface area contributed by atoms with Crippen molar-refractivity contribution in [3.05, 3.63) is 66.1 Å². The smallest absolute Gasteiger partial charge is 0.159 e. The van der Waals surface area contributed by atoms with Crippen LogP contribution in [0.1, 0.15) is 31.2 Å². The van der Waals surface area contributed by atoms with Gasteiger partial charge in [-0.3, -0.25) is 20.1 Å². The summed E-state index contributed by atoms with van der Waals surface area (Å²) in [4.78, 5) is 23.2. The maximum absolute atomic E-state index is 4.91. The molecule has 3 N–H and O–H groups in total. The molecular formula is C28H26N8S. The number of aromatic amines is 2. The van der Waals surface area contributed by atoms with Crippen molar-refractivity contribution < 1.29 is 0 Å². The molecule has 37 heavy (non-hydrogen) atoms. The highest BCUT2D eigenvalue weighted by atomic mass is 32.1. The first kappa shape index (κ1) is 22.3. The highest BCUT2D eigenvalue weighted by Gasteiger charge is 2.18. The van der Waals surface area contributed by atoms with Gasteiger partial charge in [-0.25, -0.2) is 4.98 Å². The number of thiophene rings is 1. The number of aromatic nitrogens is 7. The van der Waals surface area contributed by atoms with Crippen molar-refractivity contribution in [2.24, 2.45) is 5.92 Å². The van der Waals surface area contributed by atoms with Crippen molar-refractivity contribution in [2.45, 2.75) is 32.2 Å². The average molecular weight is 507 g/mol. The summed E-state index contributed by atoms with van der Waals surface area (Å²) in [7, 11) is 0. The molecule has 0 bridgehead atoms. The van der Waals surface area contributed by atoms with Crippen LogP contribution >= 0.6 is 11.3 Å². The zero-order valence-corrected chi connectivity index (χ0v) is 21.1. The lowest BCUT2D eigenvalue weighted by atomic mass is 10.1. The number of hydrogen-bond donors (Lipinski definition) is 3. The number of rotatable bonds is 7. The second-order valence-electron chi connectivity index (χ2n) is 9.67. The van der Waals surface area contributed by atoms with Gasteiger partial charge in [0.1, 0.15) is 16.9 Å². The number of imidazole rings is 1. The number of nitrogens with one attached hydrogen (secondary N) is 3. The van der Waals surface area contributed by atoms with E-state index in [-0.39, 0.29) is 0 Å². The lowest BCUT2D eigenvalue weighted by molar-refractivity contribution is 0.489. The van der Waals surface area contributed by atoms with E-state index in [2.05, 4.69) is 59.0 Å². The zero-order valence-electron chi connectivity index (χ0n) is 20.2. The highest BCUT2D eigenvalue weighted by Crippen LogP contribution is 2.33. The topological polar surface area (TPSA) is 108 Å². The quantitative estimate of drug-likeness (QED) is 0.246. The first-order valence-corrected chi connectivity index (χ1v) is 13.6. The van der Waals surface area contributed by atoms with Gasteiger partial charge in [0, 0.05) is 36.1 Å². The zero-order chi connectivity index (χ0) is 24.6. The predicted octanol–water partition coefficient (Wildman–Crippen LogP) is 5.97. The first-order chi connectivity index (χ1) is 18.3. The second-order valence-corrected chi connectivity index (χ2v) is 10.6. The molecule has 1 saturated carbocycles. The van der Waals surface area contributed by atoms with Crippen LogP contribution in [0.2, 0.25) is 0 Å². The Balaban J connectivity index is 1.20. The van der Waals surface area contributed by atoms with E-state index in [0.717, 1.165) is 74.0 Å². The van der Waals surface area contributed by atoms with E-state index >= 15 is 0 Å². The molecule has 184 valence electrons. The van der Waals surface area contributed by atoms with Gasteiger partial charge in [-0.1, -0.05) is 18.9 Å². The first-order valence-electron chi connectivity index (χ1n) is 12.7. The summed E-state index contributed by atoms with van der Waals surface area (Å²) in [6.45, 7) is 1.89. The molecule has 0 radical (unpaired) electrons. The highest BCUT2D eigenvalue weighted by molar-refractivity contribution is 7.13. The van der Waals surface area contributed by atoms with Crippen molar-refractivity contribution in [3.63, 3.8) is 0 Å². The molecule has 1 fully saturated rings. The van der Waals surface area contributed by atoms with Gasteiger partial charge < -0.3 is 10.3 Å². The van der Waals surface area contributed by atoms with Crippen molar-refractivity contribution in [1.82, 2.24) is 40.4 Å². The van der Waals surface area contributed by atoms with Gasteiger partial charge in [0.2, 0.25) is 0 Å². The molecule has 0 spiro atoms. The van der Waals surface area contributed by atoms with E-state index in [1.165, 1.54) is 25.7 Å². The average Bonchev–Trinajstić information content (AvgIpc) is 3.74. The third kappa shape index (κ3) is 4.30. The minimum Gasteiger partial charge on any atom is -0.336 e. The minimum absolute atomic E-state index is 0.701. The number of nitrogens with zero attached hydrogens (tertiary/aromatic N) is 5. The summed E-state index contributed by atoms with van der Waals surface area (Å²) in [5, 5.41) is 14.3. The summed E-state index contributed by atoms with van der Waals surface area (Å²) >= 11 is 1.66. The van der Waals surface area contributed by atoms with E-state index in [9.17, 15) is 0 Å². The van der Waals surface area contributed by atoms with E-state index in [0.29, 0.717) is 5.82 Å². The standard InChI is InChI=1S/C28H26N8S/c1-2-5-17(4-1)12-29-13-18-10-19(15-30-14-18)22-11-20-23(16-32-22)35-36-25(20)28-33-21-7-8-31-27(26(21)34-28)24-6-3-9-37-24/h3,6-11,14-17,29H,1-2,4-5,12-13H2,(H,33,34)(H,35,36). The van der Waals surface area contributed by atoms with Gasteiger partial charge >= 0.3 is 0 Å². The summed E-state index contributed by atoms with van der Waals surface area (Å²) in [5.74, 6) is 1.52. The molecule has 6 aromatic heterocycles. The largest absolute Gasteiger partial charge is 0.336 e. The molecular weight excluding hydrogens is 480 g/mol. The SMILES string of the molecule is c1csc(-c2nccc3[nH]c(-c4n[nH]c5cnc(-c6cncc(CNCC7CCCC7)c6)cc45)nc23)c1. The molecule has 9 heteroatoms. The molecule has 7 rings (SSSR count). The Kier molecular flexibility index (Phi) is 5.71. The van der Waals surface area contributed by atoms with Crippen LogP contribution in [0.25, 0.3) is 55.3 Å². The van der Waals surface area contributed by atoms with Gasteiger partial charge in [0.15, 0.2) is 5.82 Å². The minimum atomic E-state index is 0.701. The van der Waals surface area contributed by atoms with Crippen LogP contribution < -0.4 is 5.32 Å². The lowest BCUT2D eigenvalue weighted by Gasteiger charge is -2.11. The summed E-state index contributed by atoms with van der Waals surface area (Å²) < 4.78 is 0. The van der Waals surface area contributed by atoms with Gasteiger partial charge in [-0.05, 0) is 60.5 Å². The van der Waals surface area contributed by atoms with Crippen LogP contribution in [0, 0.1) is 5.92 Å². The predicted molar refractivity (Wildman–Crippen MR) is 147 cm³/mol. The molecule has 0 unspecified atom stereocenters. The van der Waals surface area contributed by atoms with Crippen LogP contribution in [0.5, 0.6) is 0 Å². The van der Waals surface area contributed by atoms with Crippen molar-refractivity contribution in [1.29, 1.82) is 0 Å². The molecule has 0 aliphatic heterocycles. The van der Waals surface area contributed by atoms with Crippen LogP contribution in [-0.4, -0.2) is 41.7 Å². The Morgan fingerprint density at radius 1 is 1.00 bits per heavy atom. The number of fused-ring (bicyclic) bond motifs is 2. The van der Waals surface area contributed by atoms with Gasteiger partial charge in [-0.15, -0.1) is 11.3 Å². The van der Waals surface area contributed by atoms with Gasteiger partial charge in [0.05, 0.1) is 27.8 Å². The molecule has 0 aromatic carbocycles. The molecule has 0 atom stereocenters. The van der Waals surface area contributed by atoms with E-state index in [1.807, 2.05) is 36.9 Å². The molecule has 6 aromatic rings. The normalized spacial score (nSPS) is 14.3. The molecule has 0 amide bonds. The molecule has 6 heterocycles. The van der Waals surface area contributed by atoms with Crippen molar-refractivity contribution in [2.75, 3.05) is 6.54 Å². The maximum Gasteiger partial charge on any atom is 0.159 e. The van der Waals surface area contributed by atoms with Crippen LogP contribution in [0.3, 0.4) is 0 Å². The third-order valence-corrected chi connectivity index (χ3v) is 8.03. The Hall–Kier alpha value is -3.95. The number of H-pyrrole nitrogens is 2. The molecule has 1 aliphatic rings. The summed E-state index contributed by atoms with van der Waals surface area (Å²) in [5.41, 5.74) is 7.28. The van der Waals surface area contributed by atoms with Crippen molar-refractivity contribution in [3.8, 4) is 33.3 Å². The fourth-order valence-corrected chi connectivity index (χ4v) is 5.98. The van der Waals surface area contributed by atoms with Crippen LogP contribution in [0.15, 0.2) is 60.5 Å². The Morgan fingerprint density at radius 2 is 1.95 bits per heavy atom. The van der Waals surface area contributed by atoms with E-state index in [4.69, 9.17) is 4.98 Å². The fourth-order valence-electron chi connectivity index (χ4n) is 5.26. The van der Waals surface area contributed by atoms with E-state index in [1.54, 1.807) is 11.3 Å². The van der Waals surface area contributed by atoms with Crippen LogP contribution in [-0.2, 0) is 6.54 Å². The maximum atomic E-state index is 4.91. The molecule has 8 nitrogen and oxygen atoms in total. The summed E-state index contributed by atoms with van der Waals surface area (Å²) in [6.07, 6.45) is 12.9. The van der Waals surface area contributed by atoms with Gasteiger partial charge in [0.25, 0.3) is 0 Å².